The van der Waals surface area contributed by atoms with Crippen LogP contribution >= 0.6 is 0 Å². The molecule has 4 nitrogen and oxygen atoms in total. The van der Waals surface area contributed by atoms with Crippen molar-refractivity contribution < 1.29 is 19.8 Å². The molecule has 1 fully saturated rings. The van der Waals surface area contributed by atoms with Gasteiger partial charge in [0.1, 0.15) is 0 Å². The molecule has 0 amide bonds. The molecule has 0 heterocycles. The monoisotopic (exact) mass is 248 g/mol. The van der Waals surface area contributed by atoms with Crippen molar-refractivity contribution in [3.05, 3.63) is 23.3 Å². The molecule has 3 rings (SSSR count). The summed E-state index contributed by atoms with van der Waals surface area (Å²) >= 11 is 0. The first-order valence-corrected chi connectivity index (χ1v) is 6.37. The molecule has 3 aliphatic carbocycles. The van der Waals surface area contributed by atoms with Gasteiger partial charge in [-0.3, -0.25) is 0 Å². The lowest BCUT2D eigenvalue weighted by molar-refractivity contribution is -0.134. The van der Waals surface area contributed by atoms with Gasteiger partial charge in [0.15, 0.2) is 0 Å². The van der Waals surface area contributed by atoms with Crippen molar-refractivity contribution >= 4 is 11.9 Å². The Morgan fingerprint density at radius 3 is 2.61 bits per heavy atom. The molecule has 0 aromatic heterocycles. The summed E-state index contributed by atoms with van der Waals surface area (Å²) in [5, 5.41) is 18.4. The zero-order chi connectivity index (χ0) is 13.1. The zero-order valence-corrected chi connectivity index (χ0v) is 10.2. The molecule has 18 heavy (non-hydrogen) atoms. The minimum atomic E-state index is -0.902. The van der Waals surface area contributed by atoms with Gasteiger partial charge in [0.2, 0.25) is 0 Å². The van der Waals surface area contributed by atoms with Crippen LogP contribution in [-0.2, 0) is 9.59 Å². The molecule has 96 valence electrons. The minimum absolute atomic E-state index is 0.136. The van der Waals surface area contributed by atoms with Gasteiger partial charge in [-0.2, -0.15) is 0 Å². The van der Waals surface area contributed by atoms with Crippen molar-refractivity contribution in [2.45, 2.75) is 26.2 Å². The largest absolute Gasteiger partial charge is 0.478 e. The fraction of sp³-hybridized carbons (Fsp3) is 0.571. The van der Waals surface area contributed by atoms with Crippen LogP contribution in [0.25, 0.3) is 0 Å². The van der Waals surface area contributed by atoms with E-state index >= 15 is 0 Å². The molecule has 1 unspecified atom stereocenters. The van der Waals surface area contributed by atoms with E-state index in [9.17, 15) is 14.7 Å². The normalized spacial score (nSPS) is 41.1. The lowest BCUT2D eigenvalue weighted by Gasteiger charge is -2.34. The summed E-state index contributed by atoms with van der Waals surface area (Å²) in [6.07, 6.45) is 6.14. The van der Waals surface area contributed by atoms with Crippen molar-refractivity contribution in [1.29, 1.82) is 0 Å². The summed E-state index contributed by atoms with van der Waals surface area (Å²) in [5.41, 5.74) is 0.589. The van der Waals surface area contributed by atoms with Gasteiger partial charge >= 0.3 is 11.9 Å². The Kier molecular flexibility index (Phi) is 2.22. The fourth-order valence-electron chi connectivity index (χ4n) is 4.31. The van der Waals surface area contributed by atoms with Gasteiger partial charge < -0.3 is 10.2 Å². The molecule has 0 aliphatic heterocycles. The van der Waals surface area contributed by atoms with Crippen LogP contribution in [0.3, 0.4) is 0 Å². The SMILES string of the molecule is C[C@@H]1CC[C@@H]2C=C(C(=O)O)[C@H]3CC(C(=O)O)=CC132. The van der Waals surface area contributed by atoms with Gasteiger partial charge in [-0.05, 0) is 31.1 Å². The highest BCUT2D eigenvalue weighted by atomic mass is 16.4. The van der Waals surface area contributed by atoms with Crippen molar-refractivity contribution in [1.82, 2.24) is 0 Å². The van der Waals surface area contributed by atoms with Crippen molar-refractivity contribution in [2.75, 3.05) is 0 Å². The van der Waals surface area contributed by atoms with Gasteiger partial charge in [-0.25, -0.2) is 9.59 Å². The fourth-order valence-corrected chi connectivity index (χ4v) is 4.31. The Bertz CT molecular complexity index is 502. The summed E-state index contributed by atoms with van der Waals surface area (Å²) in [7, 11) is 0. The van der Waals surface area contributed by atoms with E-state index in [-0.39, 0.29) is 17.3 Å². The van der Waals surface area contributed by atoms with Gasteiger partial charge in [0.25, 0.3) is 0 Å². The lowest BCUT2D eigenvalue weighted by Crippen LogP contribution is -2.31. The topological polar surface area (TPSA) is 74.6 Å². The second kappa shape index (κ2) is 3.46. The Morgan fingerprint density at radius 1 is 1.28 bits per heavy atom. The van der Waals surface area contributed by atoms with E-state index in [0.29, 0.717) is 23.5 Å². The summed E-state index contributed by atoms with van der Waals surface area (Å²) in [6.45, 7) is 2.12. The van der Waals surface area contributed by atoms with E-state index in [0.717, 1.165) is 12.8 Å². The van der Waals surface area contributed by atoms with Crippen LogP contribution in [0.4, 0.5) is 0 Å². The maximum absolute atomic E-state index is 11.3. The van der Waals surface area contributed by atoms with E-state index in [1.807, 2.05) is 12.2 Å². The first-order chi connectivity index (χ1) is 8.46. The maximum atomic E-state index is 11.3. The molecule has 4 heteroatoms. The van der Waals surface area contributed by atoms with Crippen molar-refractivity contribution in [3.8, 4) is 0 Å². The highest BCUT2D eigenvalue weighted by Crippen LogP contribution is 2.65. The number of carboxylic acid groups (broad SMARTS) is 2. The number of hydrogen-bond donors (Lipinski definition) is 2. The molecular formula is C14H16O4. The van der Waals surface area contributed by atoms with Gasteiger partial charge in [0, 0.05) is 22.5 Å². The summed E-state index contributed by atoms with van der Waals surface area (Å²) in [4.78, 5) is 22.5. The Labute approximate surface area is 105 Å². The summed E-state index contributed by atoms with van der Waals surface area (Å²) in [5.74, 6) is -1.36. The molecule has 0 saturated heterocycles. The number of carboxylic acids is 2. The third-order valence-electron chi connectivity index (χ3n) is 5.14. The van der Waals surface area contributed by atoms with Crippen molar-refractivity contribution in [2.24, 2.45) is 23.2 Å². The highest BCUT2D eigenvalue weighted by molar-refractivity contribution is 5.92. The van der Waals surface area contributed by atoms with Crippen LogP contribution in [0.15, 0.2) is 23.3 Å². The van der Waals surface area contributed by atoms with Crippen LogP contribution < -0.4 is 0 Å². The molecule has 0 aromatic rings. The average molecular weight is 248 g/mol. The van der Waals surface area contributed by atoms with E-state index in [1.54, 1.807) is 0 Å². The second-order valence-corrected chi connectivity index (χ2v) is 5.74. The second-order valence-electron chi connectivity index (χ2n) is 5.74. The minimum Gasteiger partial charge on any atom is -0.478 e. The van der Waals surface area contributed by atoms with E-state index in [4.69, 9.17) is 5.11 Å². The zero-order valence-electron chi connectivity index (χ0n) is 10.2. The number of aliphatic carboxylic acids is 2. The Morgan fingerprint density at radius 2 is 2.00 bits per heavy atom. The van der Waals surface area contributed by atoms with E-state index in [2.05, 4.69) is 6.92 Å². The van der Waals surface area contributed by atoms with Crippen LogP contribution in [0.5, 0.6) is 0 Å². The predicted octanol–water partition coefficient (Wildman–Crippen LogP) is 2.07. The molecule has 1 spiro atoms. The molecule has 4 atom stereocenters. The Hall–Kier alpha value is -1.58. The van der Waals surface area contributed by atoms with E-state index in [1.165, 1.54) is 0 Å². The Balaban J connectivity index is 2.08. The van der Waals surface area contributed by atoms with Crippen LogP contribution in [0.2, 0.25) is 0 Å². The first kappa shape index (κ1) is 11.5. The summed E-state index contributed by atoms with van der Waals surface area (Å²) < 4.78 is 0. The van der Waals surface area contributed by atoms with Crippen LogP contribution in [-0.4, -0.2) is 22.2 Å². The molecular weight excluding hydrogens is 232 g/mol. The van der Waals surface area contributed by atoms with Gasteiger partial charge in [-0.15, -0.1) is 0 Å². The third kappa shape index (κ3) is 1.21. The third-order valence-corrected chi connectivity index (χ3v) is 5.14. The maximum Gasteiger partial charge on any atom is 0.331 e. The van der Waals surface area contributed by atoms with Crippen molar-refractivity contribution in [3.63, 3.8) is 0 Å². The number of rotatable bonds is 2. The number of allylic oxidation sites excluding steroid dienone is 2. The number of carbonyl (C=O) groups is 2. The molecule has 2 N–H and O–H groups in total. The smallest absolute Gasteiger partial charge is 0.331 e. The van der Waals surface area contributed by atoms with Gasteiger partial charge in [-0.1, -0.05) is 19.1 Å². The molecule has 3 aliphatic rings. The first-order valence-electron chi connectivity index (χ1n) is 6.37. The van der Waals surface area contributed by atoms with E-state index < -0.39 is 11.9 Å². The van der Waals surface area contributed by atoms with Crippen LogP contribution in [0, 0.1) is 23.2 Å². The molecule has 0 bridgehead atoms. The molecule has 1 saturated carbocycles. The summed E-state index contributed by atoms with van der Waals surface area (Å²) in [6, 6.07) is 0. The molecule has 0 aromatic carbocycles. The standard InChI is InChI=1S/C14H16O4/c1-7-2-3-9-5-10(13(17)18)11-4-8(12(15)16)6-14(7,9)11/h5-7,9,11H,2-4H2,1H3,(H,15,16)(H,17,18)/t7-,9-,11-,14?/m1/s1. The lowest BCUT2D eigenvalue weighted by atomic mass is 9.69. The number of hydrogen-bond acceptors (Lipinski definition) is 2. The average Bonchev–Trinajstić information content (AvgIpc) is 2.88. The highest BCUT2D eigenvalue weighted by Gasteiger charge is 2.59. The quantitative estimate of drug-likeness (QED) is 0.784. The molecule has 0 radical (unpaired) electrons. The van der Waals surface area contributed by atoms with Gasteiger partial charge in [0.05, 0.1) is 0 Å². The predicted molar refractivity (Wildman–Crippen MR) is 63.9 cm³/mol. The van der Waals surface area contributed by atoms with Crippen LogP contribution in [0.1, 0.15) is 26.2 Å².